The molecule has 0 saturated carbocycles. The quantitative estimate of drug-likeness (QED) is 0.918. The first-order chi connectivity index (χ1) is 11.6. The van der Waals surface area contributed by atoms with Crippen LogP contribution in [0, 0.1) is 6.92 Å². The molecule has 0 aromatic carbocycles. The molecule has 2 amide bonds. The van der Waals surface area contributed by atoms with E-state index in [-0.39, 0.29) is 6.03 Å². The van der Waals surface area contributed by atoms with Gasteiger partial charge in [-0.2, -0.15) is 11.3 Å². The largest absolute Gasteiger partial charge is 0.359 e. The number of aryl methyl sites for hydroxylation is 2. The standard InChI is InChI=1S/C17H24N4O2S/c1-4-15-16(12(2)19-23-15)18-17(22)21-8-6-20(7-9-21)13(3)14-5-10-24-11-14/h5,10-11,13H,4,6-9H2,1-3H3,(H,18,22)/t13-/m0/s1. The summed E-state index contributed by atoms with van der Waals surface area (Å²) in [6.45, 7) is 9.28. The lowest BCUT2D eigenvalue weighted by atomic mass is 10.1. The number of aromatic nitrogens is 1. The maximum absolute atomic E-state index is 12.5. The van der Waals surface area contributed by atoms with Gasteiger partial charge in [0.15, 0.2) is 5.76 Å². The molecule has 1 aliphatic heterocycles. The van der Waals surface area contributed by atoms with Gasteiger partial charge in [0, 0.05) is 38.6 Å². The summed E-state index contributed by atoms with van der Waals surface area (Å²) in [5.74, 6) is 0.727. The van der Waals surface area contributed by atoms with Crippen molar-refractivity contribution in [3.63, 3.8) is 0 Å². The van der Waals surface area contributed by atoms with Crippen molar-refractivity contribution < 1.29 is 9.32 Å². The molecule has 1 aliphatic rings. The molecule has 1 N–H and O–H groups in total. The van der Waals surface area contributed by atoms with Crippen LogP contribution in [0.25, 0.3) is 0 Å². The monoisotopic (exact) mass is 348 g/mol. The molecule has 6 nitrogen and oxygen atoms in total. The Morgan fingerprint density at radius 1 is 1.42 bits per heavy atom. The zero-order valence-electron chi connectivity index (χ0n) is 14.4. The summed E-state index contributed by atoms with van der Waals surface area (Å²) in [5, 5.41) is 11.2. The van der Waals surface area contributed by atoms with E-state index in [1.807, 2.05) is 18.7 Å². The number of carbonyl (C=O) groups excluding carboxylic acids is 1. The van der Waals surface area contributed by atoms with Gasteiger partial charge in [0.2, 0.25) is 0 Å². The van der Waals surface area contributed by atoms with Crippen molar-refractivity contribution in [3.05, 3.63) is 33.8 Å². The summed E-state index contributed by atoms with van der Waals surface area (Å²) < 4.78 is 5.23. The van der Waals surface area contributed by atoms with Crippen LogP contribution in [-0.4, -0.2) is 47.2 Å². The molecule has 0 unspecified atom stereocenters. The number of amides is 2. The second-order valence-corrected chi connectivity index (χ2v) is 6.89. The molecule has 3 rings (SSSR count). The maximum Gasteiger partial charge on any atom is 0.322 e. The van der Waals surface area contributed by atoms with Crippen LogP contribution < -0.4 is 5.32 Å². The van der Waals surface area contributed by atoms with Crippen LogP contribution in [0.15, 0.2) is 21.3 Å². The second-order valence-electron chi connectivity index (χ2n) is 6.11. The first kappa shape index (κ1) is 17.0. The van der Waals surface area contributed by atoms with Gasteiger partial charge in [-0.1, -0.05) is 12.1 Å². The van der Waals surface area contributed by atoms with E-state index in [4.69, 9.17) is 4.52 Å². The number of hydrogen-bond donors (Lipinski definition) is 1. The number of anilines is 1. The second kappa shape index (κ2) is 7.36. The van der Waals surface area contributed by atoms with Crippen molar-refractivity contribution in [1.29, 1.82) is 0 Å². The molecule has 7 heteroatoms. The van der Waals surface area contributed by atoms with Gasteiger partial charge in [0.1, 0.15) is 11.4 Å². The summed E-state index contributed by atoms with van der Waals surface area (Å²) in [5.41, 5.74) is 2.80. The number of rotatable bonds is 4. The van der Waals surface area contributed by atoms with Gasteiger partial charge in [-0.15, -0.1) is 0 Å². The minimum absolute atomic E-state index is 0.0705. The third kappa shape index (κ3) is 3.47. The van der Waals surface area contributed by atoms with Crippen LogP contribution in [0.2, 0.25) is 0 Å². The number of urea groups is 1. The van der Waals surface area contributed by atoms with E-state index < -0.39 is 0 Å². The van der Waals surface area contributed by atoms with E-state index in [0.717, 1.165) is 43.3 Å². The molecular formula is C17H24N4O2S. The van der Waals surface area contributed by atoms with E-state index in [1.165, 1.54) is 5.56 Å². The topological polar surface area (TPSA) is 61.6 Å². The van der Waals surface area contributed by atoms with Crippen molar-refractivity contribution in [2.24, 2.45) is 0 Å². The maximum atomic E-state index is 12.5. The molecule has 24 heavy (non-hydrogen) atoms. The Bertz CT molecular complexity index is 675. The lowest BCUT2D eigenvalue weighted by molar-refractivity contribution is 0.119. The van der Waals surface area contributed by atoms with Crippen LogP contribution in [0.1, 0.15) is 36.9 Å². The number of piperazine rings is 1. The third-order valence-corrected chi connectivity index (χ3v) is 5.36. The van der Waals surface area contributed by atoms with Crippen molar-refractivity contribution in [2.45, 2.75) is 33.2 Å². The number of nitrogens with one attached hydrogen (secondary N) is 1. The van der Waals surface area contributed by atoms with Crippen LogP contribution >= 0.6 is 11.3 Å². The summed E-state index contributed by atoms with van der Waals surface area (Å²) in [6, 6.07) is 2.50. The molecule has 2 aromatic rings. The Morgan fingerprint density at radius 2 is 2.17 bits per heavy atom. The highest BCUT2D eigenvalue weighted by atomic mass is 32.1. The predicted octanol–water partition coefficient (Wildman–Crippen LogP) is 3.52. The average molecular weight is 348 g/mol. The fourth-order valence-electron chi connectivity index (χ4n) is 3.04. The van der Waals surface area contributed by atoms with E-state index >= 15 is 0 Å². The third-order valence-electron chi connectivity index (χ3n) is 4.66. The average Bonchev–Trinajstić information content (AvgIpc) is 3.25. The van der Waals surface area contributed by atoms with E-state index in [2.05, 4.69) is 39.1 Å². The number of thiophene rings is 1. The highest BCUT2D eigenvalue weighted by molar-refractivity contribution is 7.07. The van der Waals surface area contributed by atoms with Gasteiger partial charge < -0.3 is 14.7 Å². The molecule has 130 valence electrons. The SMILES string of the molecule is CCc1onc(C)c1NC(=O)N1CCN([C@@H](C)c2ccsc2)CC1. The van der Waals surface area contributed by atoms with Crippen molar-refractivity contribution in [3.8, 4) is 0 Å². The number of hydrogen-bond acceptors (Lipinski definition) is 5. The minimum atomic E-state index is -0.0705. The van der Waals surface area contributed by atoms with E-state index in [9.17, 15) is 4.79 Å². The predicted molar refractivity (Wildman–Crippen MR) is 95.5 cm³/mol. The first-order valence-corrected chi connectivity index (χ1v) is 9.31. The van der Waals surface area contributed by atoms with E-state index in [0.29, 0.717) is 12.5 Å². The number of nitrogens with zero attached hydrogens (tertiary/aromatic N) is 3. The Hall–Kier alpha value is -1.86. The summed E-state index contributed by atoms with van der Waals surface area (Å²) >= 11 is 1.73. The van der Waals surface area contributed by atoms with Crippen molar-refractivity contribution in [2.75, 3.05) is 31.5 Å². The number of carbonyl (C=O) groups is 1. The molecule has 3 heterocycles. The highest BCUT2D eigenvalue weighted by Gasteiger charge is 2.26. The fourth-order valence-corrected chi connectivity index (χ4v) is 3.79. The van der Waals surface area contributed by atoms with Crippen LogP contribution in [0.3, 0.4) is 0 Å². The summed E-state index contributed by atoms with van der Waals surface area (Å²) in [7, 11) is 0. The molecule has 1 fully saturated rings. The molecule has 0 aliphatic carbocycles. The van der Waals surface area contributed by atoms with Gasteiger partial charge >= 0.3 is 6.03 Å². The summed E-state index contributed by atoms with van der Waals surface area (Å²) in [6.07, 6.45) is 0.711. The fraction of sp³-hybridized carbons (Fsp3) is 0.529. The van der Waals surface area contributed by atoms with Gasteiger partial charge in [-0.05, 0) is 36.2 Å². The normalized spacial score (nSPS) is 17.0. The van der Waals surface area contributed by atoms with Crippen LogP contribution in [0.4, 0.5) is 10.5 Å². The Balaban J connectivity index is 1.56. The summed E-state index contributed by atoms with van der Waals surface area (Å²) in [4.78, 5) is 16.8. The lowest BCUT2D eigenvalue weighted by Gasteiger charge is -2.37. The zero-order chi connectivity index (χ0) is 17.1. The van der Waals surface area contributed by atoms with Gasteiger partial charge in [-0.25, -0.2) is 4.79 Å². The zero-order valence-corrected chi connectivity index (χ0v) is 15.2. The smallest absolute Gasteiger partial charge is 0.322 e. The Kier molecular flexibility index (Phi) is 5.20. The first-order valence-electron chi connectivity index (χ1n) is 8.37. The van der Waals surface area contributed by atoms with Crippen molar-refractivity contribution >= 4 is 23.1 Å². The molecule has 0 radical (unpaired) electrons. The lowest BCUT2D eigenvalue weighted by Crippen LogP contribution is -2.50. The van der Waals surface area contributed by atoms with Crippen molar-refractivity contribution in [1.82, 2.24) is 15.0 Å². The van der Waals surface area contributed by atoms with Crippen LogP contribution in [0.5, 0.6) is 0 Å². The molecular weight excluding hydrogens is 324 g/mol. The molecule has 0 spiro atoms. The Morgan fingerprint density at radius 3 is 2.79 bits per heavy atom. The minimum Gasteiger partial charge on any atom is -0.359 e. The van der Waals surface area contributed by atoms with Gasteiger partial charge in [0.25, 0.3) is 0 Å². The Labute approximate surface area is 146 Å². The van der Waals surface area contributed by atoms with Gasteiger partial charge in [0.05, 0.1) is 0 Å². The molecule has 2 aromatic heterocycles. The molecule has 0 bridgehead atoms. The highest BCUT2D eigenvalue weighted by Crippen LogP contribution is 2.24. The molecule has 1 atom stereocenters. The van der Waals surface area contributed by atoms with Crippen LogP contribution in [-0.2, 0) is 6.42 Å². The van der Waals surface area contributed by atoms with Gasteiger partial charge in [-0.3, -0.25) is 4.90 Å². The molecule has 1 saturated heterocycles. The van der Waals surface area contributed by atoms with E-state index in [1.54, 1.807) is 11.3 Å².